The molecule has 2 aliphatic heterocycles. The summed E-state index contributed by atoms with van der Waals surface area (Å²) in [5, 5.41) is 3.51. The average Bonchev–Trinajstić information content (AvgIpc) is 3.31. The molecule has 10 nitrogen and oxygen atoms in total. The molecule has 1 aromatic heterocycles. The molecular formula is C31H31FN3O7P. The summed E-state index contributed by atoms with van der Waals surface area (Å²) in [4.78, 5) is 27.5. The zero-order chi connectivity index (χ0) is 30.2. The number of rotatable bonds is 8. The highest BCUT2D eigenvalue weighted by Crippen LogP contribution is 2.57. The number of nitrogens with zero attached hydrogens (tertiary/aromatic N) is 2. The van der Waals surface area contributed by atoms with Gasteiger partial charge >= 0.3 is 13.5 Å². The van der Waals surface area contributed by atoms with Gasteiger partial charge in [-0.25, -0.2) is 13.8 Å². The van der Waals surface area contributed by atoms with Crippen molar-refractivity contribution in [3.8, 4) is 5.75 Å². The maximum absolute atomic E-state index is 15.7. The minimum absolute atomic E-state index is 0.231. The van der Waals surface area contributed by atoms with Crippen molar-refractivity contribution in [2.24, 2.45) is 0 Å². The summed E-state index contributed by atoms with van der Waals surface area (Å²) in [6.07, 6.45) is -3.13. The molecule has 0 amide bonds. The number of benzene rings is 3. The number of hydrogen-bond acceptors (Lipinski definition) is 8. The molecule has 3 heterocycles. The van der Waals surface area contributed by atoms with Crippen LogP contribution in [0, 0.1) is 0 Å². The topological polar surface area (TPSA) is 121 Å². The van der Waals surface area contributed by atoms with Crippen molar-refractivity contribution in [3.63, 3.8) is 0 Å². The lowest BCUT2D eigenvalue weighted by atomic mass is 9.77. The summed E-state index contributed by atoms with van der Waals surface area (Å²) in [7, 11) is -2.85. The zero-order valence-electron chi connectivity index (χ0n) is 23.5. The van der Waals surface area contributed by atoms with Crippen molar-refractivity contribution in [1.29, 1.82) is 0 Å². The molecule has 2 aliphatic rings. The third kappa shape index (κ3) is 5.17. The Morgan fingerprint density at radius 3 is 2.21 bits per heavy atom. The smallest absolute Gasteiger partial charge is 0.472 e. The van der Waals surface area contributed by atoms with Gasteiger partial charge in [0.15, 0.2) is 12.4 Å². The molecule has 3 aromatic carbocycles. The molecule has 0 bridgehead atoms. The summed E-state index contributed by atoms with van der Waals surface area (Å²) >= 11 is 0. The van der Waals surface area contributed by atoms with Crippen LogP contribution in [0.3, 0.4) is 0 Å². The first-order valence-electron chi connectivity index (χ1n) is 13.8. The molecule has 5 atom stereocenters. The molecule has 2 N–H and O–H groups in total. The summed E-state index contributed by atoms with van der Waals surface area (Å²) < 4.78 is 50.2. The number of nitrogens with one attached hydrogen (secondary N) is 1. The van der Waals surface area contributed by atoms with E-state index >= 15 is 4.39 Å². The number of alkyl halides is 1. The van der Waals surface area contributed by atoms with Crippen LogP contribution >= 0.6 is 7.82 Å². The van der Waals surface area contributed by atoms with Crippen LogP contribution < -0.4 is 15.7 Å². The van der Waals surface area contributed by atoms with E-state index in [2.05, 4.69) is 10.3 Å². The molecule has 2 fully saturated rings. The molecule has 224 valence electrons. The van der Waals surface area contributed by atoms with Crippen molar-refractivity contribution in [2.75, 3.05) is 19.0 Å². The van der Waals surface area contributed by atoms with Crippen LogP contribution in [0.1, 0.15) is 36.3 Å². The van der Waals surface area contributed by atoms with Crippen LogP contribution in [-0.2, 0) is 23.9 Å². The molecule has 12 heteroatoms. The van der Waals surface area contributed by atoms with Crippen molar-refractivity contribution < 1.29 is 32.4 Å². The Morgan fingerprint density at radius 1 is 1.05 bits per heavy atom. The number of aromatic nitrogens is 2. The van der Waals surface area contributed by atoms with Gasteiger partial charge in [-0.3, -0.25) is 13.6 Å². The Kier molecular flexibility index (Phi) is 7.70. The van der Waals surface area contributed by atoms with E-state index in [9.17, 15) is 14.3 Å². The Hall–Kier alpha value is -3.86. The van der Waals surface area contributed by atoms with Crippen molar-refractivity contribution in [2.45, 2.75) is 43.0 Å². The SMILES string of the molecule is CC[C@@]12COP(=O)(O)O[C@H]1[C@@H](F)[C@H](n1ccc(NC(c3ccccc3)(c3ccccc3)c3ccc(OC)cc3)nc1=O)O2. The van der Waals surface area contributed by atoms with Crippen molar-refractivity contribution >= 4 is 13.6 Å². The summed E-state index contributed by atoms with van der Waals surface area (Å²) in [6.45, 7) is 1.38. The van der Waals surface area contributed by atoms with Gasteiger partial charge < -0.3 is 19.7 Å². The van der Waals surface area contributed by atoms with E-state index in [0.717, 1.165) is 21.3 Å². The Morgan fingerprint density at radius 2 is 1.65 bits per heavy atom. The van der Waals surface area contributed by atoms with Crippen LogP contribution in [-0.4, -0.2) is 46.0 Å². The second-order valence-electron chi connectivity index (χ2n) is 10.5. The number of fused-ring (bicyclic) bond motifs is 1. The summed E-state index contributed by atoms with van der Waals surface area (Å²) in [6, 6.07) is 28.7. The van der Waals surface area contributed by atoms with E-state index in [1.54, 1.807) is 20.1 Å². The first-order valence-corrected chi connectivity index (χ1v) is 15.3. The van der Waals surface area contributed by atoms with Gasteiger partial charge in [0.1, 0.15) is 28.8 Å². The lowest BCUT2D eigenvalue weighted by Gasteiger charge is -2.37. The lowest BCUT2D eigenvalue weighted by Crippen LogP contribution is -2.49. The van der Waals surface area contributed by atoms with E-state index in [-0.39, 0.29) is 18.8 Å². The highest BCUT2D eigenvalue weighted by atomic mass is 31.2. The second-order valence-corrected chi connectivity index (χ2v) is 11.9. The first kappa shape index (κ1) is 29.2. The quantitative estimate of drug-likeness (QED) is 0.206. The van der Waals surface area contributed by atoms with Crippen LogP contribution in [0.2, 0.25) is 0 Å². The highest BCUT2D eigenvalue weighted by molar-refractivity contribution is 7.47. The molecule has 6 rings (SSSR count). The second kappa shape index (κ2) is 11.3. The third-order valence-electron chi connectivity index (χ3n) is 8.11. The molecule has 0 radical (unpaired) electrons. The van der Waals surface area contributed by atoms with Crippen LogP contribution in [0.25, 0.3) is 0 Å². The van der Waals surface area contributed by atoms with Crippen molar-refractivity contribution in [1.82, 2.24) is 9.55 Å². The number of methoxy groups -OCH3 is 1. The summed E-state index contributed by atoms with van der Waals surface area (Å²) in [5.41, 5.74) is -0.456. The minimum atomic E-state index is -4.45. The van der Waals surface area contributed by atoms with Gasteiger partial charge in [0.25, 0.3) is 0 Å². The number of phosphoric acid groups is 1. The standard InChI is InChI=1S/C31H31FN3O7P/c1-3-30-20-40-43(37,38)42-27(30)26(32)28(41-30)35-19-18-25(33-29(35)36)34-31(21-10-6-4-7-11-21,22-12-8-5-9-13-22)23-14-16-24(39-2)17-15-23/h4-19,26-28H,3,20H2,1-2H3,(H,37,38)(H,33,34,36)/t26-,27+,28-,30-/m1/s1. The van der Waals surface area contributed by atoms with Gasteiger partial charge in [0.05, 0.1) is 13.7 Å². The molecule has 0 spiro atoms. The van der Waals surface area contributed by atoms with E-state index in [4.69, 9.17) is 18.5 Å². The van der Waals surface area contributed by atoms with Gasteiger partial charge in [0.2, 0.25) is 0 Å². The first-order chi connectivity index (χ1) is 20.7. The normalized spacial score (nSPS) is 26.9. The van der Waals surface area contributed by atoms with Crippen LogP contribution in [0.4, 0.5) is 10.2 Å². The number of halogens is 1. The van der Waals surface area contributed by atoms with E-state index in [1.807, 2.05) is 84.9 Å². The van der Waals surface area contributed by atoms with Gasteiger partial charge in [-0.15, -0.1) is 0 Å². The van der Waals surface area contributed by atoms with Gasteiger partial charge in [-0.2, -0.15) is 4.98 Å². The third-order valence-corrected chi connectivity index (χ3v) is 9.06. The number of anilines is 1. The van der Waals surface area contributed by atoms with E-state index in [1.165, 1.54) is 6.20 Å². The largest absolute Gasteiger partial charge is 0.497 e. The van der Waals surface area contributed by atoms with Crippen LogP contribution in [0.15, 0.2) is 102 Å². The number of ether oxygens (including phenoxy) is 2. The van der Waals surface area contributed by atoms with Crippen LogP contribution in [0.5, 0.6) is 5.75 Å². The lowest BCUT2D eigenvalue weighted by molar-refractivity contribution is -0.146. The maximum Gasteiger partial charge on any atom is 0.472 e. The number of hydrogen-bond donors (Lipinski definition) is 2. The fourth-order valence-corrected chi connectivity index (χ4v) is 6.88. The predicted molar refractivity (Wildman–Crippen MR) is 157 cm³/mol. The molecule has 4 aromatic rings. The fraction of sp³-hybridized carbons (Fsp3) is 0.290. The molecule has 0 aliphatic carbocycles. The maximum atomic E-state index is 15.7. The molecule has 0 saturated carbocycles. The molecular weight excluding hydrogens is 576 g/mol. The zero-order valence-corrected chi connectivity index (χ0v) is 24.4. The molecule has 1 unspecified atom stereocenters. The minimum Gasteiger partial charge on any atom is -0.497 e. The summed E-state index contributed by atoms with van der Waals surface area (Å²) in [5.74, 6) is 0.925. The average molecular weight is 608 g/mol. The van der Waals surface area contributed by atoms with Gasteiger partial charge in [-0.05, 0) is 41.3 Å². The number of phosphoric ester groups is 1. The highest BCUT2D eigenvalue weighted by Gasteiger charge is 2.62. The van der Waals surface area contributed by atoms with E-state index in [0.29, 0.717) is 5.75 Å². The predicted octanol–water partition coefficient (Wildman–Crippen LogP) is 5.19. The monoisotopic (exact) mass is 607 g/mol. The Bertz CT molecular complexity index is 1650. The molecule has 2 saturated heterocycles. The Balaban J connectivity index is 1.42. The Labute approximate surface area is 247 Å². The molecule has 43 heavy (non-hydrogen) atoms. The van der Waals surface area contributed by atoms with E-state index < -0.39 is 43.2 Å². The fourth-order valence-electron chi connectivity index (χ4n) is 5.85. The van der Waals surface area contributed by atoms with Gasteiger partial charge in [-0.1, -0.05) is 79.7 Å². The van der Waals surface area contributed by atoms with Crippen molar-refractivity contribution in [3.05, 3.63) is 124 Å². The van der Waals surface area contributed by atoms with Gasteiger partial charge in [0, 0.05) is 6.20 Å².